The average Bonchev–Trinajstić information content (AvgIpc) is 2.96. The van der Waals surface area contributed by atoms with Crippen LogP contribution in [0.25, 0.3) is 0 Å². The van der Waals surface area contributed by atoms with Gasteiger partial charge < -0.3 is 14.7 Å². The summed E-state index contributed by atoms with van der Waals surface area (Å²) in [6.45, 7) is 6.30. The molecule has 132 valence electrons. The molecular weight excluding hydrogens is 417 g/mol. The van der Waals surface area contributed by atoms with Gasteiger partial charge in [-0.15, -0.1) is 24.0 Å². The molecule has 2 aromatic rings. The normalized spacial score (nSPS) is 11.0. The summed E-state index contributed by atoms with van der Waals surface area (Å²) >= 11 is 0. The Morgan fingerprint density at radius 1 is 1.29 bits per heavy atom. The van der Waals surface area contributed by atoms with Gasteiger partial charge in [-0.3, -0.25) is 4.99 Å². The van der Waals surface area contributed by atoms with E-state index in [9.17, 15) is 0 Å². The lowest BCUT2D eigenvalue weighted by atomic mass is 10.2. The SMILES string of the molecule is CCNC(=NCCCc1nc(C)no1)N(C)Cc1ccccc1.I. The first-order valence-corrected chi connectivity index (χ1v) is 8.01. The van der Waals surface area contributed by atoms with Gasteiger partial charge in [-0.25, -0.2) is 0 Å². The third-order valence-electron chi connectivity index (χ3n) is 3.34. The largest absolute Gasteiger partial charge is 0.357 e. The van der Waals surface area contributed by atoms with Crippen LogP contribution in [0.1, 0.15) is 30.6 Å². The van der Waals surface area contributed by atoms with Crippen LogP contribution in [-0.4, -0.2) is 41.1 Å². The Kier molecular flexibility index (Phi) is 9.36. The maximum atomic E-state index is 5.11. The molecule has 0 amide bonds. The van der Waals surface area contributed by atoms with E-state index in [1.54, 1.807) is 0 Å². The van der Waals surface area contributed by atoms with Gasteiger partial charge in [0.1, 0.15) is 0 Å². The van der Waals surface area contributed by atoms with E-state index >= 15 is 0 Å². The van der Waals surface area contributed by atoms with E-state index in [-0.39, 0.29) is 24.0 Å². The van der Waals surface area contributed by atoms with Crippen molar-refractivity contribution in [2.45, 2.75) is 33.2 Å². The van der Waals surface area contributed by atoms with Crippen LogP contribution in [0.2, 0.25) is 0 Å². The summed E-state index contributed by atoms with van der Waals surface area (Å²) in [7, 11) is 2.05. The minimum atomic E-state index is 0. The molecule has 0 aliphatic carbocycles. The molecule has 1 aromatic heterocycles. The summed E-state index contributed by atoms with van der Waals surface area (Å²) in [5, 5.41) is 7.12. The first kappa shape index (κ1) is 20.4. The molecule has 24 heavy (non-hydrogen) atoms. The zero-order valence-electron chi connectivity index (χ0n) is 14.5. The number of hydrogen-bond acceptors (Lipinski definition) is 4. The fraction of sp³-hybridized carbons (Fsp3) is 0.471. The third kappa shape index (κ3) is 6.86. The molecule has 0 aliphatic rings. The van der Waals surface area contributed by atoms with Crippen LogP contribution in [0.5, 0.6) is 0 Å². The third-order valence-corrected chi connectivity index (χ3v) is 3.34. The first-order valence-electron chi connectivity index (χ1n) is 8.01. The van der Waals surface area contributed by atoms with Crippen LogP contribution in [0.4, 0.5) is 0 Å². The lowest BCUT2D eigenvalue weighted by Gasteiger charge is -2.22. The highest BCUT2D eigenvalue weighted by Crippen LogP contribution is 2.04. The van der Waals surface area contributed by atoms with E-state index in [1.165, 1.54) is 5.56 Å². The zero-order valence-corrected chi connectivity index (χ0v) is 16.9. The number of benzene rings is 1. The fourth-order valence-electron chi connectivity index (χ4n) is 2.26. The summed E-state index contributed by atoms with van der Waals surface area (Å²) in [6.07, 6.45) is 1.64. The summed E-state index contributed by atoms with van der Waals surface area (Å²) in [6, 6.07) is 10.4. The quantitative estimate of drug-likeness (QED) is 0.309. The molecule has 0 fully saturated rings. The van der Waals surface area contributed by atoms with E-state index in [4.69, 9.17) is 4.52 Å². The standard InChI is InChI=1S/C17H25N5O.HI/c1-4-18-17(22(3)13-15-9-6-5-7-10-15)19-12-8-11-16-20-14(2)21-23-16;/h5-7,9-10H,4,8,11-13H2,1-3H3,(H,18,19);1H. The zero-order chi connectivity index (χ0) is 16.5. The second-order valence-corrected chi connectivity index (χ2v) is 5.42. The topological polar surface area (TPSA) is 66.5 Å². The lowest BCUT2D eigenvalue weighted by Crippen LogP contribution is -2.38. The average molecular weight is 443 g/mol. The van der Waals surface area contributed by atoms with Crippen molar-refractivity contribution in [2.75, 3.05) is 20.1 Å². The summed E-state index contributed by atoms with van der Waals surface area (Å²) in [5.41, 5.74) is 1.27. The van der Waals surface area contributed by atoms with Crippen molar-refractivity contribution in [3.8, 4) is 0 Å². The maximum absolute atomic E-state index is 5.11. The predicted molar refractivity (Wildman–Crippen MR) is 107 cm³/mol. The lowest BCUT2D eigenvalue weighted by molar-refractivity contribution is 0.372. The van der Waals surface area contributed by atoms with Crippen molar-refractivity contribution in [3.05, 3.63) is 47.6 Å². The maximum Gasteiger partial charge on any atom is 0.226 e. The van der Waals surface area contributed by atoms with Crippen LogP contribution in [0, 0.1) is 6.92 Å². The van der Waals surface area contributed by atoms with Gasteiger partial charge in [0.15, 0.2) is 11.8 Å². The minimum Gasteiger partial charge on any atom is -0.357 e. The van der Waals surface area contributed by atoms with Gasteiger partial charge >= 0.3 is 0 Å². The molecule has 0 bridgehead atoms. The van der Waals surface area contributed by atoms with E-state index in [1.807, 2.05) is 13.0 Å². The van der Waals surface area contributed by atoms with Crippen molar-refractivity contribution in [2.24, 2.45) is 4.99 Å². The van der Waals surface area contributed by atoms with Gasteiger partial charge in [0.05, 0.1) is 0 Å². The highest BCUT2D eigenvalue weighted by molar-refractivity contribution is 14.0. The van der Waals surface area contributed by atoms with Crippen LogP contribution in [0.3, 0.4) is 0 Å². The highest BCUT2D eigenvalue weighted by Gasteiger charge is 2.06. The molecule has 0 aliphatic heterocycles. The monoisotopic (exact) mass is 443 g/mol. The molecule has 0 saturated carbocycles. The molecule has 0 radical (unpaired) electrons. The number of nitrogens with one attached hydrogen (secondary N) is 1. The number of hydrogen-bond donors (Lipinski definition) is 1. The Bertz CT molecular complexity index is 614. The smallest absolute Gasteiger partial charge is 0.226 e. The molecule has 0 atom stereocenters. The van der Waals surface area contributed by atoms with E-state index in [0.29, 0.717) is 11.7 Å². The van der Waals surface area contributed by atoms with Gasteiger partial charge in [0.2, 0.25) is 5.89 Å². The van der Waals surface area contributed by atoms with E-state index in [0.717, 1.165) is 38.4 Å². The van der Waals surface area contributed by atoms with E-state index < -0.39 is 0 Å². The molecule has 1 heterocycles. The predicted octanol–water partition coefficient (Wildman–Crippen LogP) is 3.03. The number of guanidine groups is 1. The van der Waals surface area contributed by atoms with Crippen molar-refractivity contribution in [1.82, 2.24) is 20.4 Å². The minimum absolute atomic E-state index is 0. The highest BCUT2D eigenvalue weighted by atomic mass is 127. The number of halogens is 1. The van der Waals surface area contributed by atoms with Crippen molar-refractivity contribution in [1.29, 1.82) is 0 Å². The Morgan fingerprint density at radius 2 is 2.04 bits per heavy atom. The molecule has 0 spiro atoms. The molecule has 0 unspecified atom stereocenters. The Labute approximate surface area is 160 Å². The van der Waals surface area contributed by atoms with Gasteiger partial charge in [-0.05, 0) is 25.8 Å². The number of aryl methyl sites for hydroxylation is 2. The number of nitrogens with zero attached hydrogens (tertiary/aromatic N) is 4. The van der Waals surface area contributed by atoms with Crippen molar-refractivity contribution >= 4 is 29.9 Å². The van der Waals surface area contributed by atoms with Crippen LogP contribution < -0.4 is 5.32 Å². The number of aliphatic imine (C=N–C) groups is 1. The van der Waals surface area contributed by atoms with Gasteiger partial charge in [-0.2, -0.15) is 4.98 Å². The van der Waals surface area contributed by atoms with Gasteiger partial charge in [0, 0.05) is 33.1 Å². The Hall–Kier alpha value is -1.64. The fourth-order valence-corrected chi connectivity index (χ4v) is 2.26. The summed E-state index contributed by atoms with van der Waals surface area (Å²) < 4.78 is 5.11. The Morgan fingerprint density at radius 3 is 2.67 bits per heavy atom. The molecule has 7 heteroatoms. The van der Waals surface area contributed by atoms with Gasteiger partial charge in [0.25, 0.3) is 0 Å². The van der Waals surface area contributed by atoms with Crippen LogP contribution in [-0.2, 0) is 13.0 Å². The molecular formula is C17H26IN5O. The van der Waals surface area contributed by atoms with Crippen LogP contribution in [0.15, 0.2) is 39.8 Å². The Balaban J connectivity index is 0.00000288. The molecule has 6 nitrogen and oxygen atoms in total. The second-order valence-electron chi connectivity index (χ2n) is 5.42. The molecule has 2 rings (SSSR count). The van der Waals surface area contributed by atoms with E-state index in [2.05, 4.69) is 63.6 Å². The molecule has 0 saturated heterocycles. The summed E-state index contributed by atoms with van der Waals surface area (Å²) in [5.74, 6) is 2.28. The number of aromatic nitrogens is 2. The second kappa shape index (κ2) is 11.0. The van der Waals surface area contributed by atoms with Gasteiger partial charge in [-0.1, -0.05) is 35.5 Å². The van der Waals surface area contributed by atoms with Crippen molar-refractivity contribution < 1.29 is 4.52 Å². The molecule has 1 aromatic carbocycles. The van der Waals surface area contributed by atoms with Crippen molar-refractivity contribution in [3.63, 3.8) is 0 Å². The van der Waals surface area contributed by atoms with Crippen LogP contribution >= 0.6 is 24.0 Å². The molecule has 1 N–H and O–H groups in total. The number of rotatable bonds is 7. The summed E-state index contributed by atoms with van der Waals surface area (Å²) in [4.78, 5) is 11.0. The first-order chi connectivity index (χ1) is 11.2.